The fourth-order valence-electron chi connectivity index (χ4n) is 1.61. The summed E-state index contributed by atoms with van der Waals surface area (Å²) in [7, 11) is 3.06. The number of aliphatic hydroxyl groups excluding tert-OH is 1. The van der Waals surface area contributed by atoms with Crippen LogP contribution in [0.1, 0.15) is 5.56 Å². The van der Waals surface area contributed by atoms with E-state index in [2.05, 4.69) is 5.32 Å². The maximum Gasteiger partial charge on any atom is 0.328 e. The van der Waals surface area contributed by atoms with E-state index < -0.39 is 24.6 Å². The van der Waals surface area contributed by atoms with Crippen molar-refractivity contribution < 1.29 is 24.5 Å². The number of hydrogen-bond acceptors (Lipinski definition) is 4. The van der Waals surface area contributed by atoms with Crippen LogP contribution in [0.4, 0.5) is 4.79 Å². The number of urea groups is 1. The molecule has 3 N–H and O–H groups in total. The van der Waals surface area contributed by atoms with E-state index in [9.17, 15) is 9.59 Å². The van der Waals surface area contributed by atoms with Gasteiger partial charge in [0.1, 0.15) is 5.75 Å². The Morgan fingerprint density at radius 2 is 2.05 bits per heavy atom. The summed E-state index contributed by atoms with van der Waals surface area (Å²) in [6.45, 7) is -0.406. The molecule has 0 unspecified atom stereocenters. The Labute approximate surface area is 116 Å². The number of aliphatic carboxylic acids is 1. The lowest BCUT2D eigenvalue weighted by Crippen LogP contribution is -2.48. The molecule has 0 radical (unpaired) electrons. The monoisotopic (exact) mass is 282 g/mol. The van der Waals surface area contributed by atoms with Gasteiger partial charge in [0.25, 0.3) is 0 Å². The van der Waals surface area contributed by atoms with E-state index in [1.54, 1.807) is 6.07 Å². The van der Waals surface area contributed by atoms with Gasteiger partial charge in [0.15, 0.2) is 6.04 Å². The molecule has 1 aromatic carbocycles. The van der Waals surface area contributed by atoms with Crippen molar-refractivity contribution in [1.29, 1.82) is 0 Å². The van der Waals surface area contributed by atoms with Crippen LogP contribution >= 0.6 is 0 Å². The van der Waals surface area contributed by atoms with Gasteiger partial charge in [-0.15, -0.1) is 0 Å². The van der Waals surface area contributed by atoms with Crippen LogP contribution in [-0.4, -0.2) is 53.9 Å². The van der Waals surface area contributed by atoms with Gasteiger partial charge in [-0.3, -0.25) is 0 Å². The number of benzene rings is 1. The van der Waals surface area contributed by atoms with Gasteiger partial charge in [0.2, 0.25) is 0 Å². The molecule has 110 valence electrons. The summed E-state index contributed by atoms with van der Waals surface area (Å²) in [4.78, 5) is 23.9. The number of para-hydroxylation sites is 1. The van der Waals surface area contributed by atoms with Crippen molar-refractivity contribution in [3.63, 3.8) is 0 Å². The van der Waals surface area contributed by atoms with E-state index >= 15 is 0 Å². The molecule has 2 amide bonds. The van der Waals surface area contributed by atoms with Crippen molar-refractivity contribution in [2.45, 2.75) is 12.6 Å². The van der Waals surface area contributed by atoms with Gasteiger partial charge < -0.3 is 25.2 Å². The molecule has 0 aliphatic heterocycles. The van der Waals surface area contributed by atoms with Crippen molar-refractivity contribution in [3.05, 3.63) is 29.8 Å². The van der Waals surface area contributed by atoms with Crippen LogP contribution in [0.5, 0.6) is 5.75 Å². The van der Waals surface area contributed by atoms with Crippen LogP contribution in [0, 0.1) is 0 Å². The molecule has 20 heavy (non-hydrogen) atoms. The van der Waals surface area contributed by atoms with Gasteiger partial charge in [0, 0.05) is 12.6 Å². The summed E-state index contributed by atoms with van der Waals surface area (Å²) in [6.07, 6.45) is 0. The Bertz CT molecular complexity index is 478. The number of carboxylic acid groups (broad SMARTS) is 1. The number of nitrogens with one attached hydrogen (secondary N) is 1. The van der Waals surface area contributed by atoms with Crippen LogP contribution in [0.25, 0.3) is 0 Å². The molecule has 0 aromatic heterocycles. The lowest BCUT2D eigenvalue weighted by Gasteiger charge is -2.21. The number of carboxylic acids is 1. The van der Waals surface area contributed by atoms with Crippen molar-refractivity contribution in [2.75, 3.05) is 20.8 Å². The molecule has 1 atom stereocenters. The van der Waals surface area contributed by atoms with Gasteiger partial charge in [0.05, 0.1) is 20.3 Å². The molecule has 7 heteroatoms. The first-order valence-corrected chi connectivity index (χ1v) is 5.96. The van der Waals surface area contributed by atoms with E-state index in [4.69, 9.17) is 14.9 Å². The minimum absolute atomic E-state index is 0.258. The normalized spacial score (nSPS) is 11.6. The third-order valence-electron chi connectivity index (χ3n) is 2.73. The zero-order chi connectivity index (χ0) is 15.1. The molecule has 7 nitrogen and oxygen atoms in total. The number of rotatable bonds is 6. The standard InChI is InChI=1S/C13H18N2O5/c1-15(13(19)14-10(8-16)12(17)18)7-9-5-3-4-6-11(9)20-2/h3-6,10,16H,7-8H2,1-2H3,(H,14,19)(H,17,18)/t10-/m0/s1. The molecule has 1 rings (SSSR count). The molecule has 0 spiro atoms. The number of aliphatic hydroxyl groups is 1. The van der Waals surface area contributed by atoms with Gasteiger partial charge in [-0.2, -0.15) is 0 Å². The van der Waals surface area contributed by atoms with E-state index in [0.29, 0.717) is 5.75 Å². The lowest BCUT2D eigenvalue weighted by molar-refractivity contribution is -0.140. The molecular weight excluding hydrogens is 264 g/mol. The topological polar surface area (TPSA) is 99.1 Å². The highest BCUT2D eigenvalue weighted by molar-refractivity contribution is 5.82. The maximum atomic E-state index is 11.8. The molecule has 0 aliphatic carbocycles. The molecule has 0 bridgehead atoms. The van der Waals surface area contributed by atoms with Crippen molar-refractivity contribution >= 4 is 12.0 Å². The van der Waals surface area contributed by atoms with Crippen LogP contribution in [-0.2, 0) is 11.3 Å². The third-order valence-corrected chi connectivity index (χ3v) is 2.73. The van der Waals surface area contributed by atoms with E-state index in [1.165, 1.54) is 19.1 Å². The summed E-state index contributed by atoms with van der Waals surface area (Å²) in [5.74, 6) is -0.643. The van der Waals surface area contributed by atoms with Gasteiger partial charge >= 0.3 is 12.0 Å². The van der Waals surface area contributed by atoms with Crippen LogP contribution < -0.4 is 10.1 Å². The Kier molecular flexibility index (Phi) is 5.79. The summed E-state index contributed by atoms with van der Waals surface area (Å²) in [6, 6.07) is 5.31. The number of carbonyl (C=O) groups excluding carboxylic acids is 1. The average Bonchev–Trinajstić information content (AvgIpc) is 2.44. The Balaban J connectivity index is 2.68. The summed E-state index contributed by atoms with van der Waals surface area (Å²) in [5.41, 5.74) is 0.795. The second-order valence-corrected chi connectivity index (χ2v) is 4.19. The molecule has 0 fully saturated rings. The Morgan fingerprint density at radius 3 is 2.60 bits per heavy atom. The number of ether oxygens (including phenoxy) is 1. The van der Waals surface area contributed by atoms with E-state index in [1.807, 2.05) is 18.2 Å². The van der Waals surface area contributed by atoms with Crippen molar-refractivity contribution in [1.82, 2.24) is 10.2 Å². The Hall–Kier alpha value is -2.28. The first-order valence-electron chi connectivity index (χ1n) is 5.96. The zero-order valence-corrected chi connectivity index (χ0v) is 11.4. The predicted octanol–water partition coefficient (Wildman–Crippen LogP) is 0.282. The minimum Gasteiger partial charge on any atom is -0.496 e. The molecule has 0 saturated carbocycles. The molecule has 0 saturated heterocycles. The van der Waals surface area contributed by atoms with Gasteiger partial charge in [-0.25, -0.2) is 9.59 Å². The van der Waals surface area contributed by atoms with Gasteiger partial charge in [-0.1, -0.05) is 18.2 Å². The van der Waals surface area contributed by atoms with Crippen LogP contribution in [0.15, 0.2) is 24.3 Å². The average molecular weight is 282 g/mol. The van der Waals surface area contributed by atoms with Crippen LogP contribution in [0.2, 0.25) is 0 Å². The quantitative estimate of drug-likeness (QED) is 0.696. The molecular formula is C13H18N2O5. The molecule has 0 heterocycles. The second kappa shape index (κ2) is 7.34. The third kappa shape index (κ3) is 4.13. The highest BCUT2D eigenvalue weighted by Gasteiger charge is 2.21. The molecule has 0 aliphatic rings. The molecule has 1 aromatic rings. The fraction of sp³-hybridized carbons (Fsp3) is 0.385. The maximum absolute atomic E-state index is 11.8. The first-order chi connectivity index (χ1) is 9.49. The Morgan fingerprint density at radius 1 is 1.40 bits per heavy atom. The van der Waals surface area contributed by atoms with E-state index in [-0.39, 0.29) is 6.54 Å². The predicted molar refractivity (Wildman–Crippen MR) is 71.5 cm³/mol. The fourth-order valence-corrected chi connectivity index (χ4v) is 1.61. The number of methoxy groups -OCH3 is 1. The van der Waals surface area contributed by atoms with Crippen molar-refractivity contribution in [2.24, 2.45) is 0 Å². The first kappa shape index (κ1) is 15.8. The van der Waals surface area contributed by atoms with Crippen molar-refractivity contribution in [3.8, 4) is 5.75 Å². The number of nitrogens with zero attached hydrogens (tertiary/aromatic N) is 1. The smallest absolute Gasteiger partial charge is 0.328 e. The second-order valence-electron chi connectivity index (χ2n) is 4.19. The van der Waals surface area contributed by atoms with Gasteiger partial charge in [-0.05, 0) is 6.07 Å². The minimum atomic E-state index is -1.32. The summed E-state index contributed by atoms with van der Waals surface area (Å²) < 4.78 is 5.17. The lowest BCUT2D eigenvalue weighted by atomic mass is 10.2. The summed E-state index contributed by atoms with van der Waals surface area (Å²) in [5, 5.41) is 19.8. The highest BCUT2D eigenvalue weighted by atomic mass is 16.5. The van der Waals surface area contributed by atoms with Crippen LogP contribution in [0.3, 0.4) is 0 Å². The largest absolute Gasteiger partial charge is 0.496 e. The number of amides is 2. The number of hydrogen-bond donors (Lipinski definition) is 3. The van der Waals surface area contributed by atoms with E-state index in [0.717, 1.165) is 5.56 Å². The highest BCUT2D eigenvalue weighted by Crippen LogP contribution is 2.18. The zero-order valence-electron chi connectivity index (χ0n) is 11.4. The number of carbonyl (C=O) groups is 2. The SMILES string of the molecule is COc1ccccc1CN(C)C(=O)N[C@@H](CO)C(=O)O. The summed E-state index contributed by atoms with van der Waals surface area (Å²) >= 11 is 0.